The van der Waals surface area contributed by atoms with Crippen molar-refractivity contribution in [1.29, 1.82) is 0 Å². The number of nitrogens with zero attached hydrogens (tertiary/aromatic N) is 1. The topological polar surface area (TPSA) is 71.3 Å². The second-order valence-corrected chi connectivity index (χ2v) is 6.26. The summed E-state index contributed by atoms with van der Waals surface area (Å²) in [5, 5.41) is 12.1. The van der Waals surface area contributed by atoms with E-state index in [1.807, 2.05) is 18.3 Å². The van der Waals surface area contributed by atoms with E-state index in [1.54, 1.807) is 0 Å². The molecule has 0 saturated heterocycles. The molecule has 0 spiro atoms. The van der Waals surface area contributed by atoms with Crippen LogP contribution in [0.1, 0.15) is 61.5 Å². The van der Waals surface area contributed by atoms with Crippen LogP contribution in [-0.4, -0.2) is 27.6 Å². The molecule has 2 N–H and O–H groups in total. The maximum Gasteiger partial charge on any atom is 0.306 e. The van der Waals surface area contributed by atoms with E-state index in [4.69, 9.17) is 5.11 Å². The first-order chi connectivity index (χ1) is 10.1. The second-order valence-electron chi connectivity index (χ2n) is 6.26. The molecule has 0 bridgehead atoms. The average molecular weight is 290 g/mol. The van der Waals surface area contributed by atoms with Crippen molar-refractivity contribution in [3.05, 3.63) is 24.0 Å². The molecule has 1 heterocycles. The van der Waals surface area contributed by atoms with E-state index in [9.17, 15) is 9.59 Å². The SMILES string of the molecule is O=C(NC1CCCC(C(=O)O)C1)c1cccn1C1CCC1. The molecule has 0 aliphatic heterocycles. The fraction of sp³-hybridized carbons (Fsp3) is 0.625. The summed E-state index contributed by atoms with van der Waals surface area (Å²) in [5.41, 5.74) is 0.706. The first-order valence-electron chi connectivity index (χ1n) is 7.85. The van der Waals surface area contributed by atoms with Crippen LogP contribution in [0.4, 0.5) is 0 Å². The molecule has 2 saturated carbocycles. The lowest BCUT2D eigenvalue weighted by Gasteiger charge is -2.30. The highest BCUT2D eigenvalue weighted by Gasteiger charge is 2.29. The van der Waals surface area contributed by atoms with Gasteiger partial charge in [0, 0.05) is 18.3 Å². The lowest BCUT2D eigenvalue weighted by atomic mass is 9.86. The molecule has 0 radical (unpaired) electrons. The molecule has 1 amide bonds. The Morgan fingerprint density at radius 3 is 2.62 bits per heavy atom. The van der Waals surface area contributed by atoms with Crippen LogP contribution in [0.25, 0.3) is 0 Å². The number of hydrogen-bond acceptors (Lipinski definition) is 2. The van der Waals surface area contributed by atoms with E-state index in [0.717, 1.165) is 32.1 Å². The van der Waals surface area contributed by atoms with Crippen LogP contribution in [0.3, 0.4) is 0 Å². The summed E-state index contributed by atoms with van der Waals surface area (Å²) >= 11 is 0. The van der Waals surface area contributed by atoms with Crippen LogP contribution >= 0.6 is 0 Å². The number of aromatic nitrogens is 1. The third kappa shape index (κ3) is 2.96. The van der Waals surface area contributed by atoms with Crippen LogP contribution in [-0.2, 0) is 4.79 Å². The number of carboxylic acid groups (broad SMARTS) is 1. The van der Waals surface area contributed by atoms with Crippen molar-refractivity contribution in [3.63, 3.8) is 0 Å². The Labute approximate surface area is 124 Å². The zero-order chi connectivity index (χ0) is 14.8. The van der Waals surface area contributed by atoms with Crippen LogP contribution < -0.4 is 5.32 Å². The maximum atomic E-state index is 12.4. The van der Waals surface area contributed by atoms with Gasteiger partial charge in [-0.1, -0.05) is 6.42 Å². The summed E-state index contributed by atoms with van der Waals surface area (Å²) in [7, 11) is 0. The molecule has 0 aromatic carbocycles. The van der Waals surface area contributed by atoms with Gasteiger partial charge in [0.25, 0.3) is 5.91 Å². The summed E-state index contributed by atoms with van der Waals surface area (Å²) in [6.45, 7) is 0. The smallest absolute Gasteiger partial charge is 0.306 e. The number of amides is 1. The molecule has 1 aromatic heterocycles. The summed E-state index contributed by atoms with van der Waals surface area (Å²) in [6, 6.07) is 4.20. The lowest BCUT2D eigenvalue weighted by molar-refractivity contribution is -0.143. The number of carbonyl (C=O) groups is 2. The van der Waals surface area contributed by atoms with Crippen LogP contribution in [0, 0.1) is 5.92 Å². The predicted molar refractivity (Wildman–Crippen MR) is 78.2 cm³/mol. The van der Waals surface area contributed by atoms with Gasteiger partial charge in [0.1, 0.15) is 5.69 Å². The normalized spacial score (nSPS) is 26.1. The first kappa shape index (κ1) is 14.2. The van der Waals surface area contributed by atoms with Crippen molar-refractivity contribution >= 4 is 11.9 Å². The largest absolute Gasteiger partial charge is 0.481 e. The van der Waals surface area contributed by atoms with Gasteiger partial charge in [-0.2, -0.15) is 0 Å². The van der Waals surface area contributed by atoms with Crippen molar-refractivity contribution in [2.24, 2.45) is 5.92 Å². The molecule has 2 aliphatic rings. The molecule has 5 nitrogen and oxygen atoms in total. The first-order valence-corrected chi connectivity index (χ1v) is 7.85. The molecule has 114 valence electrons. The highest BCUT2D eigenvalue weighted by molar-refractivity contribution is 5.93. The van der Waals surface area contributed by atoms with Gasteiger partial charge in [-0.25, -0.2) is 0 Å². The minimum absolute atomic E-state index is 0.0166. The third-order valence-corrected chi connectivity index (χ3v) is 4.84. The van der Waals surface area contributed by atoms with E-state index in [2.05, 4.69) is 9.88 Å². The molecule has 2 unspecified atom stereocenters. The number of nitrogens with one attached hydrogen (secondary N) is 1. The maximum absolute atomic E-state index is 12.4. The van der Waals surface area contributed by atoms with Crippen molar-refractivity contribution in [2.45, 2.75) is 57.0 Å². The van der Waals surface area contributed by atoms with E-state index in [1.165, 1.54) is 6.42 Å². The van der Waals surface area contributed by atoms with Gasteiger partial charge in [0.05, 0.1) is 5.92 Å². The Morgan fingerprint density at radius 2 is 1.95 bits per heavy atom. The summed E-state index contributed by atoms with van der Waals surface area (Å²) in [5.74, 6) is -1.13. The van der Waals surface area contributed by atoms with Gasteiger partial charge in [0.15, 0.2) is 0 Å². The summed E-state index contributed by atoms with van der Waals surface area (Å²) in [6.07, 6.45) is 8.49. The van der Waals surface area contributed by atoms with Crippen molar-refractivity contribution in [3.8, 4) is 0 Å². The zero-order valence-corrected chi connectivity index (χ0v) is 12.1. The highest BCUT2D eigenvalue weighted by atomic mass is 16.4. The van der Waals surface area contributed by atoms with Crippen LogP contribution in [0.5, 0.6) is 0 Å². The van der Waals surface area contributed by atoms with Gasteiger partial charge < -0.3 is 15.0 Å². The van der Waals surface area contributed by atoms with Gasteiger partial charge in [-0.05, 0) is 50.7 Å². The average Bonchev–Trinajstić information content (AvgIpc) is 2.86. The number of aliphatic carboxylic acids is 1. The number of carboxylic acids is 1. The number of carbonyl (C=O) groups excluding carboxylic acids is 1. The minimum atomic E-state index is -0.744. The van der Waals surface area contributed by atoms with E-state index < -0.39 is 5.97 Å². The van der Waals surface area contributed by atoms with Gasteiger partial charge in [-0.3, -0.25) is 9.59 Å². The summed E-state index contributed by atoms with van der Waals surface area (Å²) < 4.78 is 2.07. The molecule has 5 heteroatoms. The molecule has 2 aliphatic carbocycles. The van der Waals surface area contributed by atoms with Gasteiger partial charge >= 0.3 is 5.97 Å². The second kappa shape index (κ2) is 5.92. The van der Waals surface area contributed by atoms with E-state index in [0.29, 0.717) is 18.2 Å². The monoisotopic (exact) mass is 290 g/mol. The van der Waals surface area contributed by atoms with Crippen molar-refractivity contribution in [1.82, 2.24) is 9.88 Å². The molecule has 1 aromatic rings. The highest BCUT2D eigenvalue weighted by Crippen LogP contribution is 2.33. The fourth-order valence-electron chi connectivity index (χ4n) is 3.37. The standard InChI is InChI=1S/C16H22N2O3/c19-15(14-8-3-9-18(14)13-6-2-7-13)17-12-5-1-4-11(10-12)16(20)21/h3,8-9,11-13H,1-2,4-7,10H2,(H,17,19)(H,20,21). The zero-order valence-electron chi connectivity index (χ0n) is 12.1. The molecular weight excluding hydrogens is 268 g/mol. The number of rotatable bonds is 4. The Bertz CT molecular complexity index is 533. The molecule has 2 atom stereocenters. The molecule has 2 fully saturated rings. The van der Waals surface area contributed by atoms with Crippen molar-refractivity contribution < 1.29 is 14.7 Å². The van der Waals surface area contributed by atoms with E-state index >= 15 is 0 Å². The quantitative estimate of drug-likeness (QED) is 0.895. The van der Waals surface area contributed by atoms with Crippen LogP contribution in [0.15, 0.2) is 18.3 Å². The van der Waals surface area contributed by atoms with Crippen LogP contribution in [0.2, 0.25) is 0 Å². The summed E-state index contributed by atoms with van der Waals surface area (Å²) in [4.78, 5) is 23.5. The molecular formula is C16H22N2O3. The minimum Gasteiger partial charge on any atom is -0.481 e. The Morgan fingerprint density at radius 1 is 1.19 bits per heavy atom. The van der Waals surface area contributed by atoms with E-state index in [-0.39, 0.29) is 17.9 Å². The predicted octanol–water partition coefficient (Wildman–Crippen LogP) is 2.59. The molecule has 21 heavy (non-hydrogen) atoms. The fourth-order valence-corrected chi connectivity index (χ4v) is 3.37. The Hall–Kier alpha value is -1.78. The third-order valence-electron chi connectivity index (χ3n) is 4.84. The molecule has 3 rings (SSSR count). The lowest BCUT2D eigenvalue weighted by Crippen LogP contribution is -2.41. The van der Waals surface area contributed by atoms with Gasteiger partial charge in [0.2, 0.25) is 0 Å². The Balaban J connectivity index is 1.63. The Kier molecular flexibility index (Phi) is 3.99. The van der Waals surface area contributed by atoms with Crippen molar-refractivity contribution in [2.75, 3.05) is 0 Å². The van der Waals surface area contributed by atoms with Gasteiger partial charge in [-0.15, -0.1) is 0 Å². The number of hydrogen-bond donors (Lipinski definition) is 2.